The number of hydrogen-bond donors (Lipinski definition) is 0. The average molecular weight is 587 g/mol. The van der Waals surface area contributed by atoms with E-state index in [0.29, 0.717) is 36.2 Å². The third-order valence-electron chi connectivity index (χ3n) is 8.62. The fraction of sp³-hybridized carbons (Fsp3) is 0.548. The minimum Gasteiger partial charge on any atom is -0.338 e. The van der Waals surface area contributed by atoms with Gasteiger partial charge in [0.05, 0.1) is 5.69 Å². The number of hydrogen-bond acceptors (Lipinski definition) is 5. The van der Waals surface area contributed by atoms with E-state index in [9.17, 15) is 22.4 Å². The summed E-state index contributed by atoms with van der Waals surface area (Å²) in [5.41, 5.74) is 3.27. The third-order valence-corrected chi connectivity index (χ3v) is 8.62. The fourth-order valence-electron chi connectivity index (χ4n) is 6.51. The number of fused-ring (bicyclic) bond motifs is 1. The van der Waals surface area contributed by atoms with Crippen LogP contribution in [0.5, 0.6) is 0 Å². The summed E-state index contributed by atoms with van der Waals surface area (Å²) in [4.78, 5) is 17.9. The highest BCUT2D eigenvalue weighted by Crippen LogP contribution is 2.36. The first-order valence-electron chi connectivity index (χ1n) is 14.9. The van der Waals surface area contributed by atoms with Crippen LogP contribution in [0, 0.1) is 11.7 Å². The summed E-state index contributed by atoms with van der Waals surface area (Å²) in [6, 6.07) is 12.3. The average Bonchev–Trinajstić information content (AvgIpc) is 3.68. The number of rotatable bonds is 4. The Bertz CT molecular complexity index is 1350. The van der Waals surface area contributed by atoms with E-state index < -0.39 is 12.0 Å². The summed E-state index contributed by atoms with van der Waals surface area (Å²) in [7, 11) is 0. The Morgan fingerprint density at radius 3 is 2.36 bits per heavy atom. The van der Waals surface area contributed by atoms with Crippen LogP contribution in [0.15, 0.2) is 42.5 Å². The maximum atomic E-state index is 13.5. The normalized spacial score (nSPS) is 21.5. The van der Waals surface area contributed by atoms with E-state index in [2.05, 4.69) is 34.3 Å². The lowest BCUT2D eigenvalue weighted by molar-refractivity contribution is -0.146. The molecule has 2 fully saturated rings. The van der Waals surface area contributed by atoms with E-state index in [1.54, 1.807) is 18.2 Å². The van der Waals surface area contributed by atoms with Crippen molar-refractivity contribution in [3.05, 3.63) is 70.8 Å². The molecule has 1 amide bonds. The van der Waals surface area contributed by atoms with Crippen LogP contribution in [0.1, 0.15) is 80.8 Å². The van der Waals surface area contributed by atoms with E-state index >= 15 is 0 Å². The zero-order valence-electron chi connectivity index (χ0n) is 24.2. The molecule has 2 aromatic carbocycles. The van der Waals surface area contributed by atoms with Crippen LogP contribution in [-0.4, -0.2) is 61.6 Å². The molecule has 0 radical (unpaired) electrons. The summed E-state index contributed by atoms with van der Waals surface area (Å²) >= 11 is 0. The van der Waals surface area contributed by atoms with Crippen LogP contribution < -0.4 is 0 Å². The topological polar surface area (TPSA) is 67.2 Å². The quantitative estimate of drug-likeness (QED) is 0.342. The molecule has 1 aliphatic carbocycles. The number of halogens is 4. The van der Waals surface area contributed by atoms with Gasteiger partial charge in [0.2, 0.25) is 5.91 Å². The van der Waals surface area contributed by atoms with Crippen molar-refractivity contribution in [3.63, 3.8) is 0 Å². The smallest absolute Gasteiger partial charge is 0.338 e. The Balaban J connectivity index is 0.00000113. The molecule has 0 bridgehead atoms. The molecular weight excluding hydrogens is 548 g/mol. The van der Waals surface area contributed by atoms with Gasteiger partial charge in [-0.1, -0.05) is 38.5 Å². The van der Waals surface area contributed by atoms with Gasteiger partial charge < -0.3 is 9.80 Å². The molecule has 226 valence electrons. The van der Waals surface area contributed by atoms with Crippen molar-refractivity contribution in [2.75, 3.05) is 19.6 Å². The van der Waals surface area contributed by atoms with Gasteiger partial charge >= 0.3 is 6.18 Å². The van der Waals surface area contributed by atoms with E-state index in [1.165, 1.54) is 24.1 Å². The second-order valence-corrected chi connectivity index (χ2v) is 11.6. The lowest BCUT2D eigenvalue weighted by atomic mass is 9.88. The van der Waals surface area contributed by atoms with Crippen molar-refractivity contribution in [1.29, 1.82) is 0 Å². The second-order valence-electron chi connectivity index (χ2n) is 11.6. The van der Waals surface area contributed by atoms with Gasteiger partial charge in [-0.25, -0.2) is 4.39 Å². The largest absolute Gasteiger partial charge is 0.453 e. The minimum atomic E-state index is -4.67. The molecule has 0 spiro atoms. The van der Waals surface area contributed by atoms with Crippen LogP contribution in [0.25, 0.3) is 5.69 Å². The highest BCUT2D eigenvalue weighted by atomic mass is 19.4. The molecule has 2 unspecified atom stereocenters. The molecule has 2 aliphatic heterocycles. The lowest BCUT2D eigenvalue weighted by Gasteiger charge is -2.36. The molecular formula is C31H38F4N6O. The van der Waals surface area contributed by atoms with E-state index in [-0.39, 0.29) is 23.3 Å². The Kier molecular flexibility index (Phi) is 9.25. The number of likely N-dealkylation sites (tertiary alicyclic amines) is 1. The number of nitrogens with zero attached hydrogens (tertiary/aromatic N) is 6. The predicted octanol–water partition coefficient (Wildman–Crippen LogP) is 6.17. The molecule has 1 saturated carbocycles. The summed E-state index contributed by atoms with van der Waals surface area (Å²) in [6.45, 7) is 7.18. The molecule has 6 rings (SSSR count). The Labute approximate surface area is 243 Å². The first kappa shape index (κ1) is 30.1. The Hall–Kier alpha value is -3.34. The number of amides is 1. The molecule has 1 aromatic heterocycles. The monoisotopic (exact) mass is 586 g/mol. The lowest BCUT2D eigenvalue weighted by Crippen LogP contribution is -2.42. The van der Waals surface area contributed by atoms with Crippen molar-refractivity contribution in [3.8, 4) is 5.69 Å². The van der Waals surface area contributed by atoms with Gasteiger partial charge in [-0.05, 0) is 109 Å². The maximum absolute atomic E-state index is 13.5. The molecule has 42 heavy (non-hydrogen) atoms. The van der Waals surface area contributed by atoms with E-state index in [4.69, 9.17) is 0 Å². The van der Waals surface area contributed by atoms with Gasteiger partial charge in [-0.15, -0.1) is 5.10 Å². The second kappa shape index (κ2) is 12.9. The molecule has 0 N–H and O–H groups in total. The summed E-state index contributed by atoms with van der Waals surface area (Å²) < 4.78 is 53.8. The van der Waals surface area contributed by atoms with Crippen LogP contribution in [-0.2, 0) is 23.9 Å². The third kappa shape index (κ3) is 6.66. The van der Waals surface area contributed by atoms with Crippen molar-refractivity contribution < 1.29 is 22.4 Å². The van der Waals surface area contributed by atoms with Crippen LogP contribution >= 0.6 is 0 Å². The van der Waals surface area contributed by atoms with E-state index in [0.717, 1.165) is 56.3 Å². The molecule has 1 saturated heterocycles. The molecule has 3 aliphatic rings. The number of tetrazole rings is 1. The van der Waals surface area contributed by atoms with Gasteiger partial charge in [0, 0.05) is 25.0 Å². The summed E-state index contributed by atoms with van der Waals surface area (Å²) in [6.07, 6.45) is 1.98. The van der Waals surface area contributed by atoms with Crippen molar-refractivity contribution >= 4 is 5.91 Å². The number of carbonyl (C=O) groups excluding carboxylic acids is 1. The summed E-state index contributed by atoms with van der Waals surface area (Å²) in [5.74, 6) is -0.845. The van der Waals surface area contributed by atoms with Gasteiger partial charge in [0.25, 0.3) is 5.82 Å². The van der Waals surface area contributed by atoms with Gasteiger partial charge in [0.1, 0.15) is 5.82 Å². The van der Waals surface area contributed by atoms with Gasteiger partial charge in [0.15, 0.2) is 0 Å². The van der Waals surface area contributed by atoms with Crippen LogP contribution in [0.3, 0.4) is 0 Å². The first-order valence-corrected chi connectivity index (χ1v) is 14.9. The molecule has 11 heteroatoms. The van der Waals surface area contributed by atoms with Crippen molar-refractivity contribution in [1.82, 2.24) is 30.0 Å². The Morgan fingerprint density at radius 2 is 1.67 bits per heavy atom. The first-order chi connectivity index (χ1) is 20.2. The van der Waals surface area contributed by atoms with Gasteiger partial charge in [-0.3, -0.25) is 4.79 Å². The highest BCUT2D eigenvalue weighted by molar-refractivity contribution is 5.79. The number of benzene rings is 2. The number of carbonyl (C=O) groups is 1. The van der Waals surface area contributed by atoms with Crippen molar-refractivity contribution in [2.24, 2.45) is 5.92 Å². The minimum absolute atomic E-state index is 0.0362. The standard InChI is InChI=1S/C28H30F4N6O.C3H8/c29-23-5-1-18(2-6-23)20-9-12-36(13-10-20)24-7-4-21(15-24)26(39)37-14-11-19-3-8-25(16-22(19)17-37)38-27(28(30,31)32)33-34-35-38;1-3-2/h1-3,5-6,8,16,20-21,24H,4,7,9-15,17H2;3H2,1-2H3. The van der Waals surface area contributed by atoms with Gasteiger partial charge in [-0.2, -0.15) is 17.9 Å². The Morgan fingerprint density at radius 1 is 0.952 bits per heavy atom. The highest BCUT2D eigenvalue weighted by Gasteiger charge is 2.39. The number of aromatic nitrogens is 4. The zero-order valence-corrected chi connectivity index (χ0v) is 24.2. The number of piperidine rings is 1. The SMILES string of the molecule is CCC.O=C(C1CCC(N2CCC(c3ccc(F)cc3)CC2)C1)N1CCc2ccc(-n3nnnc3C(F)(F)F)cc2C1. The maximum Gasteiger partial charge on any atom is 0.453 e. The molecule has 3 heterocycles. The van der Waals surface area contributed by atoms with E-state index in [1.807, 2.05) is 17.0 Å². The van der Waals surface area contributed by atoms with Crippen LogP contribution in [0.4, 0.5) is 17.6 Å². The molecule has 7 nitrogen and oxygen atoms in total. The zero-order chi connectivity index (χ0) is 29.9. The predicted molar refractivity (Wildman–Crippen MR) is 150 cm³/mol. The number of alkyl halides is 3. The fourth-order valence-corrected chi connectivity index (χ4v) is 6.51. The van der Waals surface area contributed by atoms with Crippen molar-refractivity contribution in [2.45, 2.75) is 83.5 Å². The molecule has 3 aromatic rings. The summed E-state index contributed by atoms with van der Waals surface area (Å²) in [5, 5.41) is 9.87. The van der Waals surface area contributed by atoms with Crippen LogP contribution in [0.2, 0.25) is 0 Å². The molecule has 2 atom stereocenters.